The molecular weight excluding hydrogens is 314 g/mol. The number of hydrogen-bond donors (Lipinski definition) is 0. The van der Waals surface area contributed by atoms with Gasteiger partial charge in [0.15, 0.2) is 0 Å². The molecule has 112 valence electrons. The largest absolute Gasteiger partial charge is 0.244 e. The first-order valence-electron chi connectivity index (χ1n) is 7.21. The van der Waals surface area contributed by atoms with Crippen molar-refractivity contribution in [1.82, 2.24) is 4.31 Å². The number of alkyl halides is 1. The van der Waals surface area contributed by atoms with Gasteiger partial charge in [-0.1, -0.05) is 6.42 Å². The van der Waals surface area contributed by atoms with E-state index in [0.29, 0.717) is 23.2 Å². The van der Waals surface area contributed by atoms with E-state index in [1.54, 1.807) is 10.4 Å². The second-order valence-electron chi connectivity index (χ2n) is 5.78. The van der Waals surface area contributed by atoms with E-state index >= 15 is 0 Å². The van der Waals surface area contributed by atoms with Crippen molar-refractivity contribution in [2.45, 2.75) is 55.8 Å². The topological polar surface area (TPSA) is 37.4 Å². The second-order valence-corrected chi connectivity index (χ2v) is 9.25. The van der Waals surface area contributed by atoms with E-state index in [1.165, 1.54) is 24.2 Å². The first-order chi connectivity index (χ1) is 9.54. The molecule has 6 heteroatoms. The van der Waals surface area contributed by atoms with Crippen molar-refractivity contribution >= 4 is 33.0 Å². The van der Waals surface area contributed by atoms with Gasteiger partial charge in [0.25, 0.3) is 0 Å². The van der Waals surface area contributed by atoms with E-state index in [2.05, 4.69) is 0 Å². The predicted octanol–water partition coefficient (Wildman–Crippen LogP) is 3.75. The quantitative estimate of drug-likeness (QED) is 0.790. The molecule has 0 bridgehead atoms. The van der Waals surface area contributed by atoms with Crippen LogP contribution in [0.1, 0.15) is 41.9 Å². The zero-order valence-electron chi connectivity index (χ0n) is 11.6. The van der Waals surface area contributed by atoms with Crippen LogP contribution in [0.25, 0.3) is 0 Å². The summed E-state index contributed by atoms with van der Waals surface area (Å²) >= 11 is 7.33. The Morgan fingerprint density at radius 3 is 2.80 bits per heavy atom. The number of sulfonamides is 1. The first-order valence-corrected chi connectivity index (χ1v) is 10.0. The Labute approximate surface area is 130 Å². The summed E-state index contributed by atoms with van der Waals surface area (Å²) in [6.45, 7) is 2.55. The third kappa shape index (κ3) is 2.43. The van der Waals surface area contributed by atoms with Crippen LogP contribution in [0, 0.1) is 12.8 Å². The molecule has 1 aromatic rings. The van der Waals surface area contributed by atoms with Crippen LogP contribution in [0.2, 0.25) is 0 Å². The van der Waals surface area contributed by atoms with Gasteiger partial charge in [0, 0.05) is 22.3 Å². The van der Waals surface area contributed by atoms with Crippen LogP contribution in [0.3, 0.4) is 0 Å². The fourth-order valence-corrected chi connectivity index (χ4v) is 7.13. The number of rotatable bonds is 3. The molecule has 1 aliphatic heterocycles. The standard InChI is InChI=1S/C14H20ClNO2S2/c1-10-14(8-12(9-15)19-10)20(17,18)16-7-3-5-11-4-2-6-13(11)16/h8,11,13H,2-7,9H2,1H3. The highest BCUT2D eigenvalue weighted by atomic mass is 35.5. The molecule has 3 rings (SSSR count). The van der Waals surface area contributed by atoms with Crippen LogP contribution in [0.4, 0.5) is 0 Å². The SMILES string of the molecule is Cc1sc(CCl)cc1S(=O)(=O)N1CCCC2CCCC21. The van der Waals surface area contributed by atoms with Gasteiger partial charge < -0.3 is 0 Å². The lowest BCUT2D eigenvalue weighted by Gasteiger charge is -2.36. The van der Waals surface area contributed by atoms with Crippen molar-refractivity contribution in [3.63, 3.8) is 0 Å². The third-order valence-electron chi connectivity index (χ3n) is 4.58. The molecule has 2 atom stereocenters. The van der Waals surface area contributed by atoms with Crippen molar-refractivity contribution in [3.05, 3.63) is 15.8 Å². The minimum absolute atomic E-state index is 0.229. The van der Waals surface area contributed by atoms with Crippen molar-refractivity contribution < 1.29 is 8.42 Å². The lowest BCUT2D eigenvalue weighted by Crippen LogP contribution is -2.46. The number of hydrogen-bond acceptors (Lipinski definition) is 3. The van der Waals surface area contributed by atoms with Crippen LogP contribution in [-0.4, -0.2) is 25.3 Å². The predicted molar refractivity (Wildman–Crippen MR) is 82.9 cm³/mol. The molecule has 0 N–H and O–H groups in total. The zero-order chi connectivity index (χ0) is 14.3. The molecular formula is C14H20ClNO2S2. The fraction of sp³-hybridized carbons (Fsp3) is 0.714. The van der Waals surface area contributed by atoms with Gasteiger partial charge in [-0.15, -0.1) is 22.9 Å². The summed E-state index contributed by atoms with van der Waals surface area (Å²) < 4.78 is 27.7. The van der Waals surface area contributed by atoms with E-state index in [-0.39, 0.29) is 6.04 Å². The molecule has 1 saturated carbocycles. The molecule has 0 radical (unpaired) electrons. The summed E-state index contributed by atoms with van der Waals surface area (Å²) in [5.41, 5.74) is 0. The lowest BCUT2D eigenvalue weighted by molar-refractivity contribution is 0.202. The van der Waals surface area contributed by atoms with Gasteiger partial charge in [0.1, 0.15) is 0 Å². The number of nitrogens with zero attached hydrogens (tertiary/aromatic N) is 1. The molecule has 3 nitrogen and oxygen atoms in total. The monoisotopic (exact) mass is 333 g/mol. The van der Waals surface area contributed by atoms with Crippen LogP contribution >= 0.6 is 22.9 Å². The summed E-state index contributed by atoms with van der Waals surface area (Å²) in [6.07, 6.45) is 5.55. The summed E-state index contributed by atoms with van der Waals surface area (Å²) in [6, 6.07) is 1.99. The molecule has 0 amide bonds. The molecule has 2 aliphatic rings. The Bertz CT molecular complexity index is 596. The van der Waals surface area contributed by atoms with Gasteiger partial charge in [-0.2, -0.15) is 4.31 Å². The molecule has 2 heterocycles. The number of thiophene rings is 1. The maximum atomic E-state index is 13.0. The third-order valence-corrected chi connectivity index (χ3v) is 8.26. The highest BCUT2D eigenvalue weighted by molar-refractivity contribution is 7.89. The average Bonchev–Trinajstić information content (AvgIpc) is 3.03. The van der Waals surface area contributed by atoms with Crippen molar-refractivity contribution in [2.75, 3.05) is 6.54 Å². The number of halogens is 1. The van der Waals surface area contributed by atoms with E-state index in [4.69, 9.17) is 11.6 Å². The number of piperidine rings is 1. The van der Waals surface area contributed by atoms with Crippen LogP contribution in [0.15, 0.2) is 11.0 Å². The summed E-state index contributed by atoms with van der Waals surface area (Å²) in [5.74, 6) is 0.956. The highest BCUT2D eigenvalue weighted by Gasteiger charge is 2.41. The van der Waals surface area contributed by atoms with E-state index < -0.39 is 10.0 Å². The van der Waals surface area contributed by atoms with Gasteiger partial charge in [0.05, 0.1) is 10.8 Å². The normalized spacial score (nSPS) is 27.7. The maximum absolute atomic E-state index is 13.0. The Morgan fingerprint density at radius 1 is 1.35 bits per heavy atom. The van der Waals surface area contributed by atoms with E-state index in [1.807, 2.05) is 6.92 Å². The lowest BCUT2D eigenvalue weighted by atomic mass is 9.94. The van der Waals surface area contributed by atoms with Gasteiger partial charge >= 0.3 is 0 Å². The van der Waals surface area contributed by atoms with Crippen LogP contribution < -0.4 is 0 Å². The molecule has 2 fully saturated rings. The van der Waals surface area contributed by atoms with Gasteiger partial charge in [-0.3, -0.25) is 0 Å². The second kappa shape index (κ2) is 5.59. The summed E-state index contributed by atoms with van der Waals surface area (Å²) in [4.78, 5) is 2.27. The van der Waals surface area contributed by atoms with Crippen molar-refractivity contribution in [1.29, 1.82) is 0 Å². The Kier molecular flexibility index (Phi) is 4.15. The molecule has 0 aromatic carbocycles. The van der Waals surface area contributed by atoms with E-state index in [0.717, 1.165) is 29.0 Å². The van der Waals surface area contributed by atoms with Crippen LogP contribution in [0.5, 0.6) is 0 Å². The smallest absolute Gasteiger partial charge is 0.207 e. The minimum atomic E-state index is -3.35. The molecule has 20 heavy (non-hydrogen) atoms. The van der Waals surface area contributed by atoms with Crippen molar-refractivity contribution in [2.24, 2.45) is 5.92 Å². The highest BCUT2D eigenvalue weighted by Crippen LogP contribution is 2.40. The van der Waals surface area contributed by atoms with Gasteiger partial charge in [-0.05, 0) is 44.6 Å². The van der Waals surface area contributed by atoms with Gasteiger partial charge in [0.2, 0.25) is 10.0 Å². The average molecular weight is 334 g/mol. The molecule has 2 unspecified atom stereocenters. The van der Waals surface area contributed by atoms with Crippen LogP contribution in [-0.2, 0) is 15.9 Å². The first kappa shape index (κ1) is 14.8. The molecule has 1 aromatic heterocycles. The number of aryl methyl sites for hydroxylation is 1. The Balaban J connectivity index is 1.96. The number of fused-ring (bicyclic) bond motifs is 1. The summed E-state index contributed by atoms with van der Waals surface area (Å²) in [5, 5.41) is 0. The maximum Gasteiger partial charge on any atom is 0.244 e. The Hall–Kier alpha value is -0.100. The molecule has 1 aliphatic carbocycles. The molecule has 0 spiro atoms. The van der Waals surface area contributed by atoms with Crippen molar-refractivity contribution in [3.8, 4) is 0 Å². The zero-order valence-corrected chi connectivity index (χ0v) is 14.0. The summed E-state index contributed by atoms with van der Waals surface area (Å²) in [7, 11) is -3.35. The molecule has 1 saturated heterocycles. The fourth-order valence-electron chi connectivity index (χ4n) is 3.68. The Morgan fingerprint density at radius 2 is 2.10 bits per heavy atom. The minimum Gasteiger partial charge on any atom is -0.207 e. The van der Waals surface area contributed by atoms with Gasteiger partial charge in [-0.25, -0.2) is 8.42 Å². The van der Waals surface area contributed by atoms with E-state index in [9.17, 15) is 8.42 Å².